The molecule has 1 amide bonds. The number of ether oxygens (including phenoxy) is 2. The second-order valence-corrected chi connectivity index (χ2v) is 8.54. The summed E-state index contributed by atoms with van der Waals surface area (Å²) in [6.07, 6.45) is 0. The molecule has 0 aliphatic heterocycles. The van der Waals surface area contributed by atoms with Crippen molar-refractivity contribution < 1.29 is 18.7 Å². The number of nitrogens with one attached hydrogen (secondary N) is 1. The van der Waals surface area contributed by atoms with E-state index < -0.39 is 0 Å². The van der Waals surface area contributed by atoms with Crippen molar-refractivity contribution in [2.75, 3.05) is 20.0 Å². The lowest BCUT2D eigenvalue weighted by Gasteiger charge is -2.11. The normalized spacial score (nSPS) is 11.3. The first-order valence-corrected chi connectivity index (χ1v) is 11.9. The molecule has 0 unspecified atom stereocenters. The van der Waals surface area contributed by atoms with Crippen LogP contribution >= 0.6 is 11.8 Å². The average Bonchev–Trinajstić information content (AvgIpc) is 3.35. The zero-order valence-corrected chi connectivity index (χ0v) is 20.8. The largest absolute Gasteiger partial charge is 0.497 e. The third kappa shape index (κ3) is 5.89. The van der Waals surface area contributed by atoms with E-state index in [4.69, 9.17) is 9.47 Å². The lowest BCUT2D eigenvalue weighted by molar-refractivity contribution is -0.118. The van der Waals surface area contributed by atoms with E-state index >= 15 is 0 Å². The minimum Gasteiger partial charge on any atom is -0.497 e. The molecule has 0 bridgehead atoms. The molecule has 0 radical (unpaired) electrons. The summed E-state index contributed by atoms with van der Waals surface area (Å²) in [5, 5.41) is 13.4. The van der Waals surface area contributed by atoms with Crippen LogP contribution in [-0.4, -0.2) is 46.4 Å². The second kappa shape index (κ2) is 11.5. The molecule has 10 heteroatoms. The van der Waals surface area contributed by atoms with Crippen molar-refractivity contribution in [3.8, 4) is 28.6 Å². The highest BCUT2D eigenvalue weighted by Crippen LogP contribution is 2.29. The van der Waals surface area contributed by atoms with Gasteiger partial charge >= 0.3 is 0 Å². The van der Waals surface area contributed by atoms with E-state index in [1.807, 2.05) is 53.1 Å². The molecule has 0 saturated heterocycles. The van der Waals surface area contributed by atoms with Crippen LogP contribution < -0.4 is 14.9 Å². The zero-order chi connectivity index (χ0) is 25.5. The van der Waals surface area contributed by atoms with Crippen molar-refractivity contribution in [3.63, 3.8) is 0 Å². The molecule has 0 atom stereocenters. The molecule has 0 saturated carbocycles. The average molecular weight is 506 g/mol. The molecule has 0 spiro atoms. The Hall–Kier alpha value is -4.18. The number of methoxy groups -OCH3 is 2. The molecule has 0 fully saturated rings. The van der Waals surface area contributed by atoms with Gasteiger partial charge in [0.2, 0.25) is 0 Å². The van der Waals surface area contributed by atoms with Gasteiger partial charge in [-0.3, -0.25) is 9.36 Å². The fourth-order valence-corrected chi connectivity index (χ4v) is 4.06. The van der Waals surface area contributed by atoms with Gasteiger partial charge in [-0.1, -0.05) is 23.9 Å². The van der Waals surface area contributed by atoms with Crippen LogP contribution in [0, 0.1) is 5.82 Å². The van der Waals surface area contributed by atoms with Crippen molar-refractivity contribution in [2.24, 2.45) is 5.10 Å². The number of thioether (sulfide) groups is 1. The van der Waals surface area contributed by atoms with E-state index in [9.17, 15) is 9.18 Å². The Morgan fingerprint density at radius 2 is 1.56 bits per heavy atom. The number of amides is 1. The van der Waals surface area contributed by atoms with E-state index in [1.54, 1.807) is 33.3 Å². The predicted octanol–water partition coefficient (Wildman–Crippen LogP) is 4.72. The molecule has 1 heterocycles. The first-order chi connectivity index (χ1) is 17.5. The van der Waals surface area contributed by atoms with Gasteiger partial charge in [0.05, 0.1) is 25.7 Å². The van der Waals surface area contributed by atoms with Crippen LogP contribution in [0.25, 0.3) is 17.1 Å². The number of halogens is 1. The Balaban J connectivity index is 1.54. The molecule has 0 aliphatic carbocycles. The summed E-state index contributed by atoms with van der Waals surface area (Å²) in [7, 11) is 3.22. The van der Waals surface area contributed by atoms with Crippen LogP contribution in [0.1, 0.15) is 12.5 Å². The number of rotatable bonds is 9. The molecular weight excluding hydrogens is 481 g/mol. The van der Waals surface area contributed by atoms with Gasteiger partial charge in [-0.2, -0.15) is 5.10 Å². The summed E-state index contributed by atoms with van der Waals surface area (Å²) >= 11 is 1.24. The SMILES string of the molecule is COc1ccc(-c2nnc(SCC(=O)N/N=C(\C)c3ccc(F)cc3)n2-c2ccc(OC)cc2)cc1. The summed E-state index contributed by atoms with van der Waals surface area (Å²) < 4.78 is 25.5. The van der Waals surface area contributed by atoms with Crippen LogP contribution in [0.5, 0.6) is 11.5 Å². The second-order valence-electron chi connectivity index (χ2n) is 7.60. The number of aromatic nitrogens is 3. The molecule has 4 aromatic rings. The third-order valence-electron chi connectivity index (χ3n) is 5.25. The number of hydrazone groups is 1. The number of nitrogens with zero attached hydrogens (tertiary/aromatic N) is 4. The molecule has 4 rings (SSSR count). The molecule has 184 valence electrons. The van der Waals surface area contributed by atoms with E-state index in [-0.39, 0.29) is 17.5 Å². The molecule has 1 aromatic heterocycles. The van der Waals surface area contributed by atoms with Crippen LogP contribution in [0.2, 0.25) is 0 Å². The minimum absolute atomic E-state index is 0.0666. The lowest BCUT2D eigenvalue weighted by Crippen LogP contribution is -2.21. The Morgan fingerprint density at radius 1 is 0.944 bits per heavy atom. The predicted molar refractivity (Wildman–Crippen MR) is 137 cm³/mol. The summed E-state index contributed by atoms with van der Waals surface area (Å²) in [6.45, 7) is 1.74. The molecule has 8 nitrogen and oxygen atoms in total. The van der Waals surface area contributed by atoms with Crippen molar-refractivity contribution >= 4 is 23.4 Å². The quantitative estimate of drug-likeness (QED) is 0.201. The van der Waals surface area contributed by atoms with Gasteiger partial charge in [0.25, 0.3) is 5.91 Å². The van der Waals surface area contributed by atoms with Crippen molar-refractivity contribution in [3.05, 3.63) is 84.2 Å². The van der Waals surface area contributed by atoms with E-state index in [0.29, 0.717) is 22.3 Å². The maximum Gasteiger partial charge on any atom is 0.250 e. The van der Waals surface area contributed by atoms with Gasteiger partial charge in [0.15, 0.2) is 11.0 Å². The zero-order valence-electron chi connectivity index (χ0n) is 19.9. The minimum atomic E-state index is -0.332. The highest BCUT2D eigenvalue weighted by molar-refractivity contribution is 7.99. The van der Waals surface area contributed by atoms with Crippen molar-refractivity contribution in [1.29, 1.82) is 0 Å². The maximum absolute atomic E-state index is 13.1. The number of carbonyl (C=O) groups excluding carboxylic acids is 1. The van der Waals surface area contributed by atoms with Gasteiger partial charge in [-0.25, -0.2) is 9.82 Å². The van der Waals surface area contributed by atoms with Gasteiger partial charge < -0.3 is 9.47 Å². The van der Waals surface area contributed by atoms with Crippen molar-refractivity contribution in [1.82, 2.24) is 20.2 Å². The molecule has 3 aromatic carbocycles. The Labute approximate surface area is 212 Å². The number of hydrogen-bond acceptors (Lipinski definition) is 7. The van der Waals surface area contributed by atoms with Gasteiger partial charge in [0, 0.05) is 11.3 Å². The standard InChI is InChI=1S/C26H24FN5O3S/c1-17(18-4-8-20(27)9-5-18)28-29-24(33)16-36-26-31-30-25(19-6-12-22(34-2)13-7-19)32(26)21-10-14-23(35-3)15-11-21/h4-15H,16H2,1-3H3,(H,29,33)/b28-17+. The molecule has 36 heavy (non-hydrogen) atoms. The Kier molecular flexibility index (Phi) is 7.96. The van der Waals surface area contributed by atoms with Gasteiger partial charge in [0.1, 0.15) is 17.3 Å². The Morgan fingerprint density at radius 3 is 2.17 bits per heavy atom. The Bertz CT molecular complexity index is 1350. The van der Waals surface area contributed by atoms with E-state index in [1.165, 1.54) is 23.9 Å². The fourth-order valence-electron chi connectivity index (χ4n) is 3.32. The first-order valence-electron chi connectivity index (χ1n) is 10.9. The maximum atomic E-state index is 13.1. The number of carbonyl (C=O) groups is 1. The molecule has 0 aliphatic rings. The summed E-state index contributed by atoms with van der Waals surface area (Å²) in [4.78, 5) is 12.5. The summed E-state index contributed by atoms with van der Waals surface area (Å²) in [6, 6.07) is 20.9. The monoisotopic (exact) mass is 505 g/mol. The van der Waals surface area contributed by atoms with Crippen LogP contribution in [0.4, 0.5) is 4.39 Å². The molecule has 1 N–H and O–H groups in total. The highest BCUT2D eigenvalue weighted by Gasteiger charge is 2.18. The number of hydrogen-bond donors (Lipinski definition) is 1. The summed E-state index contributed by atoms with van der Waals surface area (Å²) in [5.41, 5.74) is 5.48. The first kappa shape index (κ1) is 24.9. The smallest absolute Gasteiger partial charge is 0.250 e. The van der Waals surface area contributed by atoms with Crippen LogP contribution in [0.15, 0.2) is 83.1 Å². The number of benzene rings is 3. The van der Waals surface area contributed by atoms with E-state index in [0.717, 1.165) is 22.7 Å². The lowest BCUT2D eigenvalue weighted by atomic mass is 10.1. The molecular formula is C26H24FN5O3S. The topological polar surface area (TPSA) is 90.6 Å². The van der Waals surface area contributed by atoms with Crippen LogP contribution in [-0.2, 0) is 4.79 Å². The third-order valence-corrected chi connectivity index (χ3v) is 6.18. The fraction of sp³-hybridized carbons (Fsp3) is 0.154. The summed E-state index contributed by atoms with van der Waals surface area (Å²) in [5.74, 6) is 1.50. The van der Waals surface area contributed by atoms with E-state index in [2.05, 4.69) is 20.7 Å². The van der Waals surface area contributed by atoms with Gasteiger partial charge in [-0.05, 0) is 73.2 Å². The van der Waals surface area contributed by atoms with Crippen molar-refractivity contribution in [2.45, 2.75) is 12.1 Å². The van der Waals surface area contributed by atoms with Gasteiger partial charge in [-0.15, -0.1) is 10.2 Å². The van der Waals surface area contributed by atoms with Crippen LogP contribution in [0.3, 0.4) is 0 Å². The highest BCUT2D eigenvalue weighted by atomic mass is 32.2.